The van der Waals surface area contributed by atoms with Crippen molar-refractivity contribution >= 4 is 18.0 Å². The fourth-order valence-electron chi connectivity index (χ4n) is 7.08. The molecule has 3 N–H and O–H groups in total. The number of hydrogen-bond donors (Lipinski definition) is 3. The number of carboxylic acid groups (broad SMARTS) is 1. The number of carboxylic acids is 1. The molecule has 3 aromatic rings. The Kier molecular flexibility index (Phi) is 8.24. The molecule has 3 aromatic carbocycles. The van der Waals surface area contributed by atoms with Crippen molar-refractivity contribution in [1.82, 2.24) is 15.5 Å². The first-order valence-electron chi connectivity index (χ1n) is 14.9. The van der Waals surface area contributed by atoms with Crippen molar-refractivity contribution in [2.24, 2.45) is 5.92 Å². The van der Waals surface area contributed by atoms with Crippen LogP contribution in [0.5, 0.6) is 0 Å². The van der Waals surface area contributed by atoms with E-state index >= 15 is 0 Å². The van der Waals surface area contributed by atoms with Gasteiger partial charge in [-0.3, -0.25) is 14.5 Å². The Morgan fingerprint density at radius 3 is 2.24 bits per heavy atom. The number of carbonyl (C=O) groups excluding carboxylic acids is 2. The Morgan fingerprint density at radius 1 is 0.881 bits per heavy atom. The van der Waals surface area contributed by atoms with Crippen molar-refractivity contribution in [3.8, 4) is 11.1 Å². The van der Waals surface area contributed by atoms with Crippen LogP contribution in [0, 0.1) is 5.92 Å². The molecule has 4 atom stereocenters. The summed E-state index contributed by atoms with van der Waals surface area (Å²) in [6.07, 6.45) is 1.88. The molecule has 0 spiro atoms. The third-order valence-corrected chi connectivity index (χ3v) is 8.96. The topological polar surface area (TPSA) is 108 Å². The van der Waals surface area contributed by atoms with Crippen LogP contribution < -0.4 is 10.6 Å². The first kappa shape index (κ1) is 28.0. The zero-order valence-corrected chi connectivity index (χ0v) is 23.6. The summed E-state index contributed by atoms with van der Waals surface area (Å²) in [7, 11) is 0. The van der Waals surface area contributed by atoms with Gasteiger partial charge in [-0.2, -0.15) is 0 Å². The quantitative estimate of drug-likeness (QED) is 0.321. The molecule has 218 valence electrons. The van der Waals surface area contributed by atoms with Crippen molar-refractivity contribution in [2.75, 3.05) is 13.2 Å². The molecule has 6 rings (SSSR count). The predicted molar refractivity (Wildman–Crippen MR) is 159 cm³/mol. The fraction of sp³-hybridized carbons (Fsp3) is 0.382. The molecule has 8 nitrogen and oxygen atoms in total. The van der Waals surface area contributed by atoms with Gasteiger partial charge in [-0.05, 0) is 59.4 Å². The molecule has 1 saturated heterocycles. The van der Waals surface area contributed by atoms with Gasteiger partial charge in [0, 0.05) is 37.5 Å². The van der Waals surface area contributed by atoms with Crippen molar-refractivity contribution < 1.29 is 24.2 Å². The van der Waals surface area contributed by atoms with Crippen LogP contribution in [0.25, 0.3) is 11.1 Å². The zero-order valence-electron chi connectivity index (χ0n) is 23.6. The fourth-order valence-corrected chi connectivity index (χ4v) is 7.08. The van der Waals surface area contributed by atoms with E-state index in [-0.39, 0.29) is 37.3 Å². The molecule has 1 heterocycles. The van der Waals surface area contributed by atoms with Crippen molar-refractivity contribution in [1.29, 1.82) is 0 Å². The minimum atomic E-state index is -1.02. The maximum absolute atomic E-state index is 13.4. The average molecular weight is 568 g/mol. The van der Waals surface area contributed by atoms with Crippen LogP contribution in [0.15, 0.2) is 78.9 Å². The molecule has 4 unspecified atom stereocenters. The molecule has 1 saturated carbocycles. The van der Waals surface area contributed by atoms with E-state index in [0.29, 0.717) is 12.0 Å². The Morgan fingerprint density at radius 2 is 1.55 bits per heavy atom. The number of nitrogens with one attached hydrogen (secondary N) is 2. The molecular formula is C34H37N3O5. The van der Waals surface area contributed by atoms with E-state index in [1.165, 1.54) is 5.56 Å². The lowest BCUT2D eigenvalue weighted by Crippen LogP contribution is -2.51. The number of carbonyl (C=O) groups is 3. The van der Waals surface area contributed by atoms with Gasteiger partial charge < -0.3 is 20.5 Å². The molecule has 2 fully saturated rings. The highest BCUT2D eigenvalue weighted by Gasteiger charge is 2.40. The van der Waals surface area contributed by atoms with Gasteiger partial charge in [0.2, 0.25) is 5.91 Å². The van der Waals surface area contributed by atoms with Crippen molar-refractivity contribution in [2.45, 2.75) is 62.7 Å². The molecule has 8 heteroatoms. The summed E-state index contributed by atoms with van der Waals surface area (Å²) >= 11 is 0. The van der Waals surface area contributed by atoms with Gasteiger partial charge >= 0.3 is 12.1 Å². The number of aliphatic carboxylic acids is 1. The summed E-state index contributed by atoms with van der Waals surface area (Å²) in [5, 5.41) is 15.1. The third kappa shape index (κ3) is 6.19. The second-order valence-corrected chi connectivity index (χ2v) is 11.8. The van der Waals surface area contributed by atoms with Gasteiger partial charge in [0.1, 0.15) is 12.6 Å². The zero-order chi connectivity index (χ0) is 29.1. The van der Waals surface area contributed by atoms with E-state index < -0.39 is 18.1 Å². The number of rotatable bonds is 10. The standard InChI is InChI=1S/C34H37N3O5/c38-32(39)15-14-31(33(40)35-24-16-23-17-25(18-24)37(20-23)19-22-8-2-1-3-9-22)36-34(41)42-21-30-28-12-6-4-10-26(28)27-11-5-7-13-29(27)30/h1-13,23-25,30-31H,14-21H2,(H,35,40)(H,36,41)(H,38,39). The summed E-state index contributed by atoms with van der Waals surface area (Å²) in [5.41, 5.74) is 5.74. The number of hydrogen-bond acceptors (Lipinski definition) is 5. The first-order chi connectivity index (χ1) is 20.4. The number of alkyl carbamates (subject to hydrolysis) is 1. The Labute approximate surface area is 246 Å². The molecule has 2 amide bonds. The highest BCUT2D eigenvalue weighted by molar-refractivity contribution is 5.86. The van der Waals surface area contributed by atoms with E-state index in [1.54, 1.807) is 0 Å². The highest BCUT2D eigenvalue weighted by Crippen LogP contribution is 2.44. The number of fused-ring (bicyclic) bond motifs is 5. The number of likely N-dealkylation sites (tertiary alicyclic amines) is 1. The van der Waals surface area contributed by atoms with Crippen LogP contribution in [0.4, 0.5) is 4.79 Å². The molecule has 42 heavy (non-hydrogen) atoms. The number of amides is 2. The van der Waals surface area contributed by atoms with E-state index in [1.807, 2.05) is 42.5 Å². The molecule has 0 radical (unpaired) electrons. The Hall–Kier alpha value is -4.17. The Bertz CT molecular complexity index is 1400. The third-order valence-electron chi connectivity index (χ3n) is 8.96. The molecule has 0 aromatic heterocycles. The molecule has 3 aliphatic rings. The molecular weight excluding hydrogens is 530 g/mol. The normalized spacial score (nSPS) is 21.7. The maximum Gasteiger partial charge on any atom is 0.407 e. The van der Waals surface area contributed by atoms with Gasteiger partial charge in [0.25, 0.3) is 0 Å². The van der Waals surface area contributed by atoms with Gasteiger partial charge in [0.15, 0.2) is 0 Å². The van der Waals surface area contributed by atoms with Gasteiger partial charge in [-0.15, -0.1) is 0 Å². The lowest BCUT2D eigenvalue weighted by Gasteiger charge is -2.31. The second-order valence-electron chi connectivity index (χ2n) is 11.8. The van der Waals surface area contributed by atoms with Gasteiger partial charge in [0.05, 0.1) is 0 Å². The summed E-state index contributed by atoms with van der Waals surface area (Å²) in [4.78, 5) is 40.1. The van der Waals surface area contributed by atoms with E-state index in [0.717, 1.165) is 54.6 Å². The number of nitrogens with zero attached hydrogens (tertiary/aromatic N) is 1. The van der Waals surface area contributed by atoms with E-state index in [9.17, 15) is 19.5 Å². The summed E-state index contributed by atoms with van der Waals surface area (Å²) in [6.45, 7) is 2.02. The van der Waals surface area contributed by atoms with Crippen LogP contribution in [-0.4, -0.2) is 59.3 Å². The SMILES string of the molecule is O=C(O)CCC(NC(=O)OCC1c2ccccc2-c2ccccc21)C(=O)NC1CC2CC(C1)N(Cc1ccccc1)C2. The second kappa shape index (κ2) is 12.4. The molecule has 1 aliphatic heterocycles. The van der Waals surface area contributed by atoms with Crippen LogP contribution in [0.2, 0.25) is 0 Å². The van der Waals surface area contributed by atoms with Crippen LogP contribution >= 0.6 is 0 Å². The first-order valence-corrected chi connectivity index (χ1v) is 14.9. The predicted octanol–water partition coefficient (Wildman–Crippen LogP) is 4.93. The van der Waals surface area contributed by atoms with E-state index in [2.05, 4.69) is 51.9 Å². The largest absolute Gasteiger partial charge is 0.481 e. The molecule has 2 aliphatic carbocycles. The van der Waals surface area contributed by atoms with Crippen LogP contribution in [0.1, 0.15) is 54.7 Å². The lowest BCUT2D eigenvalue weighted by molar-refractivity contribution is -0.137. The maximum atomic E-state index is 13.4. The van der Waals surface area contributed by atoms with Crippen molar-refractivity contribution in [3.05, 3.63) is 95.6 Å². The monoisotopic (exact) mass is 567 g/mol. The molecule has 2 bridgehead atoms. The minimum absolute atomic E-state index is 0.00886. The average Bonchev–Trinajstić information content (AvgIpc) is 3.46. The summed E-state index contributed by atoms with van der Waals surface area (Å²) < 4.78 is 5.65. The number of ether oxygens (including phenoxy) is 1. The summed E-state index contributed by atoms with van der Waals surface area (Å²) in [5.74, 6) is -0.976. The Balaban J connectivity index is 1.06. The smallest absolute Gasteiger partial charge is 0.407 e. The lowest BCUT2D eigenvalue weighted by atomic mass is 9.86. The van der Waals surface area contributed by atoms with Gasteiger partial charge in [-0.25, -0.2) is 4.79 Å². The van der Waals surface area contributed by atoms with Crippen LogP contribution in [-0.2, 0) is 20.9 Å². The summed E-state index contributed by atoms with van der Waals surface area (Å²) in [6, 6.07) is 26.0. The number of benzene rings is 3. The van der Waals surface area contributed by atoms with E-state index in [4.69, 9.17) is 4.74 Å². The highest BCUT2D eigenvalue weighted by atomic mass is 16.5. The van der Waals surface area contributed by atoms with Gasteiger partial charge in [-0.1, -0.05) is 78.9 Å². The van der Waals surface area contributed by atoms with Crippen molar-refractivity contribution in [3.63, 3.8) is 0 Å². The minimum Gasteiger partial charge on any atom is -0.481 e. The van der Waals surface area contributed by atoms with Crippen LogP contribution in [0.3, 0.4) is 0 Å².